The molecule has 0 unspecified atom stereocenters. The molecular formula is C25H32N2O5. The van der Waals surface area contributed by atoms with Gasteiger partial charge in [-0.15, -0.1) is 0 Å². The van der Waals surface area contributed by atoms with Gasteiger partial charge in [-0.3, -0.25) is 4.79 Å². The molecule has 172 valence electrons. The molecule has 2 atom stereocenters. The van der Waals surface area contributed by atoms with E-state index in [1.54, 1.807) is 20.8 Å². The molecule has 0 saturated heterocycles. The van der Waals surface area contributed by atoms with Crippen LogP contribution in [0.4, 0.5) is 4.79 Å². The van der Waals surface area contributed by atoms with Crippen LogP contribution >= 0.6 is 0 Å². The van der Waals surface area contributed by atoms with Crippen molar-refractivity contribution in [1.82, 2.24) is 10.6 Å². The highest BCUT2D eigenvalue weighted by Crippen LogP contribution is 2.10. The Hall–Kier alpha value is -3.35. The van der Waals surface area contributed by atoms with E-state index in [9.17, 15) is 14.4 Å². The molecule has 0 aliphatic heterocycles. The number of benzene rings is 2. The third-order valence-electron chi connectivity index (χ3n) is 4.42. The smallest absolute Gasteiger partial charge is 0.408 e. The Bertz CT molecular complexity index is 878. The topological polar surface area (TPSA) is 93.7 Å². The fourth-order valence-electron chi connectivity index (χ4n) is 3.11. The van der Waals surface area contributed by atoms with Crippen LogP contribution in [0.2, 0.25) is 0 Å². The minimum atomic E-state index is -0.929. The Labute approximate surface area is 189 Å². The first-order valence-electron chi connectivity index (χ1n) is 10.6. The number of nitrogens with one attached hydrogen (secondary N) is 2. The summed E-state index contributed by atoms with van der Waals surface area (Å²) in [5, 5.41) is 5.43. The molecule has 0 fully saturated rings. The number of esters is 1. The van der Waals surface area contributed by atoms with E-state index in [0.717, 1.165) is 11.1 Å². The Morgan fingerprint density at radius 1 is 0.844 bits per heavy atom. The van der Waals surface area contributed by atoms with Crippen LogP contribution in [0.15, 0.2) is 60.7 Å². The number of hydrogen-bond donors (Lipinski definition) is 2. The average molecular weight is 441 g/mol. The Kier molecular flexibility index (Phi) is 9.25. The van der Waals surface area contributed by atoms with Crippen molar-refractivity contribution in [1.29, 1.82) is 0 Å². The number of carbonyl (C=O) groups is 3. The lowest BCUT2D eigenvalue weighted by Crippen LogP contribution is -2.47. The Morgan fingerprint density at radius 2 is 1.38 bits per heavy atom. The maximum absolute atomic E-state index is 12.9. The lowest BCUT2D eigenvalue weighted by Gasteiger charge is -2.24. The van der Waals surface area contributed by atoms with Gasteiger partial charge in [0.05, 0.1) is 6.04 Å². The van der Waals surface area contributed by atoms with Crippen molar-refractivity contribution in [2.75, 3.05) is 6.61 Å². The molecule has 7 nitrogen and oxygen atoms in total. The summed E-state index contributed by atoms with van der Waals surface area (Å²) in [5.41, 5.74) is 1.18. The molecule has 2 amide bonds. The van der Waals surface area contributed by atoms with Gasteiger partial charge in [0.2, 0.25) is 5.91 Å². The molecule has 0 aliphatic rings. The van der Waals surface area contributed by atoms with E-state index in [0.29, 0.717) is 6.42 Å². The third kappa shape index (κ3) is 9.64. The Balaban J connectivity index is 2.06. The van der Waals surface area contributed by atoms with Crippen LogP contribution in [0.5, 0.6) is 0 Å². The van der Waals surface area contributed by atoms with Crippen LogP contribution in [0, 0.1) is 0 Å². The number of rotatable bonds is 9. The molecule has 0 radical (unpaired) electrons. The number of hydrogen-bond acceptors (Lipinski definition) is 5. The van der Waals surface area contributed by atoms with Crippen molar-refractivity contribution in [3.8, 4) is 0 Å². The highest BCUT2D eigenvalue weighted by atomic mass is 16.6. The van der Waals surface area contributed by atoms with Crippen LogP contribution in [0.1, 0.15) is 38.8 Å². The summed E-state index contributed by atoms with van der Waals surface area (Å²) in [7, 11) is 0. The summed E-state index contributed by atoms with van der Waals surface area (Å²) >= 11 is 0. The van der Waals surface area contributed by atoms with Crippen molar-refractivity contribution in [2.24, 2.45) is 0 Å². The lowest BCUT2D eigenvalue weighted by atomic mass is 10.1. The molecule has 0 bridgehead atoms. The van der Waals surface area contributed by atoms with Crippen molar-refractivity contribution in [3.63, 3.8) is 0 Å². The molecular weight excluding hydrogens is 408 g/mol. The van der Waals surface area contributed by atoms with Crippen LogP contribution in [0.3, 0.4) is 0 Å². The first-order chi connectivity index (χ1) is 15.1. The minimum absolute atomic E-state index is 0.0193. The van der Waals surface area contributed by atoms with Gasteiger partial charge in [0, 0.05) is 13.3 Å². The van der Waals surface area contributed by atoms with E-state index < -0.39 is 29.7 Å². The highest BCUT2D eigenvalue weighted by molar-refractivity contribution is 5.82. The minimum Gasteiger partial charge on any atom is -0.462 e. The normalized spacial score (nSPS) is 12.9. The van der Waals surface area contributed by atoms with Crippen molar-refractivity contribution in [2.45, 2.75) is 58.2 Å². The first-order valence-corrected chi connectivity index (χ1v) is 10.6. The maximum Gasteiger partial charge on any atom is 0.408 e. The summed E-state index contributed by atoms with van der Waals surface area (Å²) in [6.45, 7) is 6.65. The predicted molar refractivity (Wildman–Crippen MR) is 122 cm³/mol. The second-order valence-electron chi connectivity index (χ2n) is 8.61. The summed E-state index contributed by atoms with van der Waals surface area (Å²) in [6.07, 6.45) is 0.0666. The van der Waals surface area contributed by atoms with Crippen molar-refractivity contribution < 1.29 is 23.9 Å². The molecule has 0 heterocycles. The van der Waals surface area contributed by atoms with Gasteiger partial charge in [0.25, 0.3) is 0 Å². The molecule has 32 heavy (non-hydrogen) atoms. The number of amides is 2. The van der Waals surface area contributed by atoms with Gasteiger partial charge in [-0.1, -0.05) is 60.7 Å². The molecule has 2 rings (SSSR count). The second-order valence-corrected chi connectivity index (χ2v) is 8.61. The van der Waals surface area contributed by atoms with Crippen molar-refractivity contribution in [3.05, 3.63) is 71.8 Å². The fraction of sp³-hybridized carbons (Fsp3) is 0.400. The van der Waals surface area contributed by atoms with E-state index in [4.69, 9.17) is 9.47 Å². The standard InChI is InChI=1S/C25H32N2O5/c1-18(28)26-21(15-19-11-7-5-8-12-19)17-31-23(29)22(16-20-13-9-6-10-14-20)27-24(30)32-25(2,3)4/h5-14,21-22H,15-17H2,1-4H3,(H,26,28)(H,27,30)/t21-,22-/m0/s1. The Morgan fingerprint density at radius 3 is 1.88 bits per heavy atom. The molecule has 0 aromatic heterocycles. The average Bonchev–Trinajstić information content (AvgIpc) is 2.71. The third-order valence-corrected chi connectivity index (χ3v) is 4.42. The molecule has 0 saturated carbocycles. The monoisotopic (exact) mass is 440 g/mol. The zero-order valence-corrected chi connectivity index (χ0v) is 19.1. The number of carbonyl (C=O) groups excluding carboxylic acids is 3. The second kappa shape index (κ2) is 11.9. The van der Waals surface area contributed by atoms with Crippen LogP contribution in [-0.4, -0.2) is 42.3 Å². The zero-order valence-electron chi connectivity index (χ0n) is 19.1. The lowest BCUT2D eigenvalue weighted by molar-refractivity contribution is -0.147. The molecule has 2 aromatic carbocycles. The van der Waals surface area contributed by atoms with E-state index in [-0.39, 0.29) is 18.9 Å². The van der Waals surface area contributed by atoms with Crippen molar-refractivity contribution >= 4 is 18.0 Å². The predicted octanol–water partition coefficient (Wildman–Crippen LogP) is 3.41. The zero-order chi connectivity index (χ0) is 23.6. The van der Waals surface area contributed by atoms with Gasteiger partial charge >= 0.3 is 12.1 Å². The fourth-order valence-corrected chi connectivity index (χ4v) is 3.11. The number of alkyl carbamates (subject to hydrolysis) is 1. The summed E-state index contributed by atoms with van der Waals surface area (Å²) in [6, 6.07) is 17.6. The van der Waals surface area contributed by atoms with Crippen LogP contribution in [0.25, 0.3) is 0 Å². The van der Waals surface area contributed by atoms with Gasteiger partial charge in [0.15, 0.2) is 0 Å². The van der Waals surface area contributed by atoms with Gasteiger partial charge in [0.1, 0.15) is 18.2 Å². The quantitative estimate of drug-likeness (QED) is 0.583. The molecule has 2 aromatic rings. The first kappa shape index (κ1) is 24.9. The van der Waals surface area contributed by atoms with E-state index in [2.05, 4.69) is 10.6 Å². The molecule has 7 heteroatoms. The molecule has 2 N–H and O–H groups in total. The van der Waals surface area contributed by atoms with E-state index in [1.165, 1.54) is 6.92 Å². The van der Waals surface area contributed by atoms with E-state index >= 15 is 0 Å². The van der Waals surface area contributed by atoms with Gasteiger partial charge in [-0.2, -0.15) is 0 Å². The highest BCUT2D eigenvalue weighted by Gasteiger charge is 2.27. The van der Waals surface area contributed by atoms with Gasteiger partial charge in [-0.05, 0) is 38.3 Å². The maximum atomic E-state index is 12.9. The molecule has 0 aliphatic carbocycles. The SMILES string of the molecule is CC(=O)N[C@H](COC(=O)[C@H](Cc1ccccc1)NC(=O)OC(C)(C)C)Cc1ccccc1. The van der Waals surface area contributed by atoms with Crippen LogP contribution in [-0.2, 0) is 31.9 Å². The van der Waals surface area contributed by atoms with Gasteiger partial charge < -0.3 is 20.1 Å². The summed E-state index contributed by atoms with van der Waals surface area (Å²) in [4.78, 5) is 36.8. The molecule has 0 spiro atoms. The summed E-state index contributed by atoms with van der Waals surface area (Å²) in [5.74, 6) is -0.808. The van der Waals surface area contributed by atoms with Crippen LogP contribution < -0.4 is 10.6 Å². The van der Waals surface area contributed by atoms with Gasteiger partial charge in [-0.25, -0.2) is 9.59 Å². The number of ether oxygens (including phenoxy) is 2. The summed E-state index contributed by atoms with van der Waals surface area (Å²) < 4.78 is 10.8. The van der Waals surface area contributed by atoms with E-state index in [1.807, 2.05) is 60.7 Å². The largest absolute Gasteiger partial charge is 0.462 e.